The van der Waals surface area contributed by atoms with Crippen LogP contribution in [0, 0.1) is 11.8 Å². The Labute approximate surface area is 166 Å². The highest BCUT2D eigenvalue weighted by Gasteiger charge is 2.40. The normalized spacial score (nSPS) is 26.7. The lowest BCUT2D eigenvalue weighted by Crippen LogP contribution is -2.56. The Kier molecular flexibility index (Phi) is 7.14. The summed E-state index contributed by atoms with van der Waals surface area (Å²) in [6.45, 7) is 3.12. The van der Waals surface area contributed by atoms with E-state index in [0.717, 1.165) is 25.0 Å². The van der Waals surface area contributed by atoms with E-state index in [1.807, 2.05) is 19.1 Å². The van der Waals surface area contributed by atoms with Crippen molar-refractivity contribution in [1.29, 1.82) is 0 Å². The van der Waals surface area contributed by atoms with Gasteiger partial charge in [0, 0.05) is 32.2 Å². The molecule has 154 valence electrons. The molecular weight excluding hydrogens is 360 g/mol. The molecule has 1 saturated carbocycles. The maximum Gasteiger partial charge on any atom is 0.258 e. The lowest BCUT2D eigenvalue weighted by Gasteiger charge is -2.43. The van der Waals surface area contributed by atoms with Gasteiger partial charge in [-0.25, -0.2) is 0 Å². The molecule has 1 aromatic rings. The SMILES string of the molecule is CCOc1ccc(OCC(=O)NC2CCC3C(COC)CC(=O)NC3C2)cc1. The summed E-state index contributed by atoms with van der Waals surface area (Å²) in [7, 11) is 1.68. The van der Waals surface area contributed by atoms with E-state index >= 15 is 0 Å². The Morgan fingerprint density at radius 1 is 1.18 bits per heavy atom. The van der Waals surface area contributed by atoms with Crippen LogP contribution in [-0.2, 0) is 14.3 Å². The van der Waals surface area contributed by atoms with Crippen molar-refractivity contribution in [3.63, 3.8) is 0 Å². The Bertz CT molecular complexity index is 663. The molecule has 2 amide bonds. The van der Waals surface area contributed by atoms with E-state index in [1.54, 1.807) is 19.2 Å². The van der Waals surface area contributed by atoms with E-state index in [-0.39, 0.29) is 36.4 Å². The van der Waals surface area contributed by atoms with E-state index in [1.165, 1.54) is 0 Å². The van der Waals surface area contributed by atoms with Crippen LogP contribution in [0.5, 0.6) is 11.5 Å². The monoisotopic (exact) mass is 390 g/mol. The van der Waals surface area contributed by atoms with Crippen molar-refractivity contribution in [1.82, 2.24) is 10.6 Å². The average molecular weight is 390 g/mol. The summed E-state index contributed by atoms with van der Waals surface area (Å²) in [6.07, 6.45) is 3.17. The van der Waals surface area contributed by atoms with Gasteiger partial charge in [0.05, 0.1) is 6.61 Å². The average Bonchev–Trinajstić information content (AvgIpc) is 2.67. The third-order valence-corrected chi connectivity index (χ3v) is 5.55. The molecule has 4 atom stereocenters. The number of piperidine rings is 1. The highest BCUT2D eigenvalue weighted by Crippen LogP contribution is 2.35. The predicted octanol–water partition coefficient (Wildman–Crippen LogP) is 1.90. The first-order chi connectivity index (χ1) is 13.6. The minimum atomic E-state index is -0.145. The number of ether oxygens (including phenoxy) is 3. The summed E-state index contributed by atoms with van der Waals surface area (Å²) in [5, 5.41) is 6.14. The fourth-order valence-electron chi connectivity index (χ4n) is 4.32. The van der Waals surface area contributed by atoms with Gasteiger partial charge >= 0.3 is 0 Å². The molecule has 7 heteroatoms. The zero-order valence-corrected chi connectivity index (χ0v) is 16.6. The molecule has 1 aromatic carbocycles. The zero-order valence-electron chi connectivity index (χ0n) is 16.6. The van der Waals surface area contributed by atoms with Crippen LogP contribution in [0.4, 0.5) is 0 Å². The molecule has 0 aromatic heterocycles. The number of nitrogens with one attached hydrogen (secondary N) is 2. The van der Waals surface area contributed by atoms with Gasteiger partial charge in [0.1, 0.15) is 11.5 Å². The quantitative estimate of drug-likeness (QED) is 0.708. The smallest absolute Gasteiger partial charge is 0.258 e. The number of hydrogen-bond acceptors (Lipinski definition) is 5. The Balaban J connectivity index is 1.45. The standard InChI is InChI=1S/C21H30N2O5/c1-3-27-16-5-7-17(8-6-16)28-13-21(25)22-15-4-9-18-14(12-26-2)10-20(24)23-19(18)11-15/h5-8,14-15,18-19H,3-4,9-13H2,1-2H3,(H,22,25)(H,23,24). The van der Waals surface area contributed by atoms with Crippen LogP contribution in [0.25, 0.3) is 0 Å². The number of hydrogen-bond donors (Lipinski definition) is 2. The van der Waals surface area contributed by atoms with E-state index in [2.05, 4.69) is 10.6 Å². The summed E-state index contributed by atoms with van der Waals surface area (Å²) in [5.74, 6) is 2.03. The van der Waals surface area contributed by atoms with Crippen molar-refractivity contribution in [3.05, 3.63) is 24.3 Å². The van der Waals surface area contributed by atoms with Crippen LogP contribution in [0.15, 0.2) is 24.3 Å². The van der Waals surface area contributed by atoms with Crippen LogP contribution in [-0.4, -0.2) is 50.8 Å². The number of benzene rings is 1. The maximum absolute atomic E-state index is 12.3. The second-order valence-corrected chi connectivity index (χ2v) is 7.53. The number of carbonyl (C=O) groups is 2. The molecule has 28 heavy (non-hydrogen) atoms. The molecular formula is C21H30N2O5. The lowest BCUT2D eigenvalue weighted by atomic mass is 9.71. The van der Waals surface area contributed by atoms with Crippen LogP contribution in [0.2, 0.25) is 0 Å². The van der Waals surface area contributed by atoms with E-state index in [9.17, 15) is 9.59 Å². The highest BCUT2D eigenvalue weighted by molar-refractivity contribution is 5.78. The third kappa shape index (κ3) is 5.38. The minimum absolute atomic E-state index is 0.0305. The van der Waals surface area contributed by atoms with E-state index in [0.29, 0.717) is 31.3 Å². The number of fused-ring (bicyclic) bond motifs is 1. The first-order valence-electron chi connectivity index (χ1n) is 10.0. The molecule has 1 aliphatic carbocycles. The topological polar surface area (TPSA) is 85.9 Å². The lowest BCUT2D eigenvalue weighted by molar-refractivity contribution is -0.128. The van der Waals surface area contributed by atoms with Crippen molar-refractivity contribution in [2.75, 3.05) is 26.9 Å². The largest absolute Gasteiger partial charge is 0.494 e. The molecule has 2 fully saturated rings. The van der Waals surface area contributed by atoms with Gasteiger partial charge in [-0.3, -0.25) is 9.59 Å². The summed E-state index contributed by atoms with van der Waals surface area (Å²) < 4.78 is 16.2. The van der Waals surface area contributed by atoms with E-state index < -0.39 is 0 Å². The fraction of sp³-hybridized carbons (Fsp3) is 0.619. The molecule has 2 aliphatic rings. The van der Waals surface area contributed by atoms with Crippen molar-refractivity contribution in [3.8, 4) is 11.5 Å². The molecule has 1 saturated heterocycles. The highest BCUT2D eigenvalue weighted by atomic mass is 16.5. The number of amides is 2. The van der Waals surface area contributed by atoms with Gasteiger partial charge in [-0.2, -0.15) is 0 Å². The van der Waals surface area contributed by atoms with Crippen LogP contribution in [0.1, 0.15) is 32.6 Å². The van der Waals surface area contributed by atoms with Crippen molar-refractivity contribution >= 4 is 11.8 Å². The number of rotatable bonds is 8. The van der Waals surface area contributed by atoms with Gasteiger partial charge < -0.3 is 24.8 Å². The predicted molar refractivity (Wildman–Crippen MR) is 104 cm³/mol. The summed E-state index contributed by atoms with van der Waals surface area (Å²) in [4.78, 5) is 24.3. The minimum Gasteiger partial charge on any atom is -0.494 e. The molecule has 0 radical (unpaired) electrons. The number of carbonyl (C=O) groups excluding carboxylic acids is 2. The van der Waals surface area contributed by atoms with Gasteiger partial charge in [0.15, 0.2) is 6.61 Å². The first-order valence-corrected chi connectivity index (χ1v) is 10.0. The summed E-state index contributed by atoms with van der Waals surface area (Å²) in [5.41, 5.74) is 0. The van der Waals surface area contributed by atoms with Crippen molar-refractivity contribution < 1.29 is 23.8 Å². The molecule has 2 N–H and O–H groups in total. The molecule has 4 unspecified atom stereocenters. The van der Waals surface area contributed by atoms with Crippen LogP contribution in [0.3, 0.4) is 0 Å². The van der Waals surface area contributed by atoms with Gasteiger partial charge in [-0.05, 0) is 62.3 Å². The Morgan fingerprint density at radius 2 is 1.89 bits per heavy atom. The summed E-state index contributed by atoms with van der Waals surface area (Å²) >= 11 is 0. The number of methoxy groups -OCH3 is 1. The molecule has 0 spiro atoms. The van der Waals surface area contributed by atoms with E-state index in [4.69, 9.17) is 14.2 Å². The van der Waals surface area contributed by atoms with Crippen LogP contribution < -0.4 is 20.1 Å². The fourth-order valence-corrected chi connectivity index (χ4v) is 4.32. The van der Waals surface area contributed by atoms with Crippen LogP contribution >= 0.6 is 0 Å². The zero-order chi connectivity index (χ0) is 19.9. The Morgan fingerprint density at radius 3 is 2.57 bits per heavy atom. The molecule has 7 nitrogen and oxygen atoms in total. The summed E-state index contributed by atoms with van der Waals surface area (Å²) in [6, 6.07) is 7.38. The first kappa shape index (κ1) is 20.5. The van der Waals surface area contributed by atoms with Gasteiger partial charge in [-0.15, -0.1) is 0 Å². The second-order valence-electron chi connectivity index (χ2n) is 7.53. The molecule has 1 aliphatic heterocycles. The third-order valence-electron chi connectivity index (χ3n) is 5.55. The second kappa shape index (κ2) is 9.78. The Hall–Kier alpha value is -2.28. The molecule has 1 heterocycles. The molecule has 0 bridgehead atoms. The van der Waals surface area contributed by atoms with Crippen molar-refractivity contribution in [2.24, 2.45) is 11.8 Å². The van der Waals surface area contributed by atoms with Gasteiger partial charge in [-0.1, -0.05) is 0 Å². The van der Waals surface area contributed by atoms with Gasteiger partial charge in [0.2, 0.25) is 5.91 Å². The maximum atomic E-state index is 12.3. The van der Waals surface area contributed by atoms with Crippen molar-refractivity contribution in [2.45, 2.75) is 44.7 Å². The van der Waals surface area contributed by atoms with Gasteiger partial charge in [0.25, 0.3) is 5.91 Å². The molecule has 3 rings (SSSR count).